The molecular weight excluding hydrogens is 448 g/mol. The summed E-state index contributed by atoms with van der Waals surface area (Å²) in [7, 11) is 1.55. The number of hydrogen-bond donors (Lipinski definition) is 2. The van der Waals surface area contributed by atoms with E-state index in [1.807, 2.05) is 18.2 Å². The molecule has 3 aromatic heterocycles. The van der Waals surface area contributed by atoms with Gasteiger partial charge in [0.15, 0.2) is 5.82 Å². The fourth-order valence-electron chi connectivity index (χ4n) is 4.00. The fourth-order valence-corrected chi connectivity index (χ4v) is 4.00. The Labute approximate surface area is 200 Å². The number of rotatable bonds is 6. The van der Waals surface area contributed by atoms with Crippen LogP contribution in [0.15, 0.2) is 61.2 Å². The Morgan fingerprint density at radius 1 is 1.00 bits per heavy atom. The normalized spacial score (nSPS) is 14.6. The van der Waals surface area contributed by atoms with Crippen LogP contribution in [0.2, 0.25) is 0 Å². The van der Waals surface area contributed by atoms with Crippen molar-refractivity contribution in [2.24, 2.45) is 0 Å². The molecule has 1 aliphatic rings. The predicted octanol–water partition coefficient (Wildman–Crippen LogP) is 1.89. The highest BCUT2D eigenvalue weighted by Gasteiger charge is 2.22. The molecule has 3 heterocycles. The maximum Gasteiger partial charge on any atom is 0.269 e. The van der Waals surface area contributed by atoms with Crippen molar-refractivity contribution in [3.05, 3.63) is 83.6 Å². The highest BCUT2D eigenvalue weighted by molar-refractivity contribution is 5.94. The van der Waals surface area contributed by atoms with E-state index >= 15 is 0 Å². The van der Waals surface area contributed by atoms with E-state index in [1.165, 1.54) is 22.8 Å². The van der Waals surface area contributed by atoms with Gasteiger partial charge >= 0.3 is 0 Å². The molecular formula is C24H22N8O3. The van der Waals surface area contributed by atoms with Gasteiger partial charge in [-0.2, -0.15) is 4.68 Å². The van der Waals surface area contributed by atoms with E-state index in [4.69, 9.17) is 4.74 Å². The summed E-state index contributed by atoms with van der Waals surface area (Å²) in [5.74, 6) is 1.19. The number of pyridine rings is 2. The molecule has 0 bridgehead atoms. The molecule has 176 valence electrons. The number of amides is 2. The van der Waals surface area contributed by atoms with Gasteiger partial charge in [0.1, 0.15) is 23.5 Å². The standard InChI is InChI=1S/C24H22N8O3/c1-25-24(34)21-13-20(7-9-26-21)35-19-5-3-15-2-4-18(10-17(15)11-19)29-23(33)16-6-8-27-22(12-16)32-14-28-30-31-32/h3,5-9,11-14,18H,2,4,10H2,1H3,(H,25,34)(H,29,33). The molecule has 1 aliphatic carbocycles. The van der Waals surface area contributed by atoms with Crippen molar-refractivity contribution in [2.75, 3.05) is 7.05 Å². The lowest BCUT2D eigenvalue weighted by molar-refractivity contribution is 0.0931. The molecule has 4 aromatic rings. The number of nitrogens with one attached hydrogen (secondary N) is 2. The molecule has 0 radical (unpaired) electrons. The van der Waals surface area contributed by atoms with Crippen LogP contribution >= 0.6 is 0 Å². The third-order valence-electron chi connectivity index (χ3n) is 5.76. The Morgan fingerprint density at radius 2 is 1.86 bits per heavy atom. The second-order valence-corrected chi connectivity index (χ2v) is 8.06. The van der Waals surface area contributed by atoms with Crippen molar-refractivity contribution >= 4 is 11.8 Å². The predicted molar refractivity (Wildman–Crippen MR) is 124 cm³/mol. The monoisotopic (exact) mass is 470 g/mol. The highest BCUT2D eigenvalue weighted by atomic mass is 16.5. The van der Waals surface area contributed by atoms with E-state index in [9.17, 15) is 9.59 Å². The minimum absolute atomic E-state index is 0.0179. The number of carbonyl (C=O) groups excluding carboxylic acids is 2. The van der Waals surface area contributed by atoms with E-state index < -0.39 is 0 Å². The number of nitrogens with zero attached hydrogens (tertiary/aromatic N) is 6. The first-order chi connectivity index (χ1) is 17.1. The topological polar surface area (TPSA) is 137 Å². The van der Waals surface area contributed by atoms with Crippen molar-refractivity contribution in [1.82, 2.24) is 40.8 Å². The molecule has 0 fully saturated rings. The molecule has 0 saturated heterocycles. The molecule has 1 unspecified atom stereocenters. The third-order valence-corrected chi connectivity index (χ3v) is 5.76. The van der Waals surface area contributed by atoms with Crippen LogP contribution in [0.1, 0.15) is 38.4 Å². The SMILES string of the molecule is CNC(=O)c1cc(Oc2ccc3c(c2)CC(NC(=O)c2ccnc(-n4cnnn4)c2)CC3)ccn1. The van der Waals surface area contributed by atoms with Crippen LogP contribution in [-0.4, -0.2) is 55.1 Å². The second-order valence-electron chi connectivity index (χ2n) is 8.06. The lowest BCUT2D eigenvalue weighted by Gasteiger charge is -2.26. The van der Waals surface area contributed by atoms with E-state index in [0.717, 1.165) is 18.4 Å². The molecule has 11 heteroatoms. The zero-order valence-corrected chi connectivity index (χ0v) is 18.9. The Bertz CT molecular complexity index is 1370. The molecule has 1 aromatic carbocycles. The number of fused-ring (bicyclic) bond motifs is 1. The van der Waals surface area contributed by atoms with Crippen molar-refractivity contribution in [2.45, 2.75) is 25.3 Å². The van der Waals surface area contributed by atoms with Gasteiger partial charge < -0.3 is 15.4 Å². The van der Waals surface area contributed by atoms with Gasteiger partial charge in [0.05, 0.1) is 0 Å². The second kappa shape index (κ2) is 9.67. The van der Waals surface area contributed by atoms with Gasteiger partial charge in [0, 0.05) is 37.1 Å². The molecule has 0 saturated carbocycles. The molecule has 35 heavy (non-hydrogen) atoms. The van der Waals surface area contributed by atoms with E-state index in [2.05, 4.69) is 36.1 Å². The smallest absolute Gasteiger partial charge is 0.269 e. The zero-order chi connectivity index (χ0) is 24.2. The molecule has 2 N–H and O–H groups in total. The zero-order valence-electron chi connectivity index (χ0n) is 18.9. The van der Waals surface area contributed by atoms with Gasteiger partial charge in [0.2, 0.25) is 0 Å². The fraction of sp³-hybridized carbons (Fsp3) is 0.208. The largest absolute Gasteiger partial charge is 0.457 e. The maximum atomic E-state index is 12.9. The summed E-state index contributed by atoms with van der Waals surface area (Å²) in [5.41, 5.74) is 3.11. The van der Waals surface area contributed by atoms with Crippen molar-refractivity contribution in [3.8, 4) is 17.3 Å². The average Bonchev–Trinajstić information content (AvgIpc) is 3.43. The minimum atomic E-state index is -0.279. The van der Waals surface area contributed by atoms with Gasteiger partial charge in [-0.25, -0.2) is 4.98 Å². The summed E-state index contributed by atoms with van der Waals surface area (Å²) in [6, 6.07) is 12.5. The summed E-state index contributed by atoms with van der Waals surface area (Å²) in [6.45, 7) is 0. The highest BCUT2D eigenvalue weighted by Crippen LogP contribution is 2.29. The van der Waals surface area contributed by atoms with Gasteiger partial charge in [-0.15, -0.1) is 5.10 Å². The summed E-state index contributed by atoms with van der Waals surface area (Å²) in [4.78, 5) is 33.0. The minimum Gasteiger partial charge on any atom is -0.457 e. The van der Waals surface area contributed by atoms with Crippen LogP contribution < -0.4 is 15.4 Å². The first kappa shape index (κ1) is 22.1. The van der Waals surface area contributed by atoms with Gasteiger partial charge in [-0.3, -0.25) is 14.6 Å². The lowest BCUT2D eigenvalue weighted by atomic mass is 9.88. The first-order valence-electron chi connectivity index (χ1n) is 11.1. The van der Waals surface area contributed by atoms with Gasteiger partial charge in [0.25, 0.3) is 11.8 Å². The van der Waals surface area contributed by atoms with Crippen LogP contribution in [0.3, 0.4) is 0 Å². The lowest BCUT2D eigenvalue weighted by Crippen LogP contribution is -2.38. The van der Waals surface area contributed by atoms with E-state index in [-0.39, 0.29) is 23.6 Å². The molecule has 2 amide bonds. The maximum absolute atomic E-state index is 12.9. The Morgan fingerprint density at radius 3 is 2.69 bits per heavy atom. The van der Waals surface area contributed by atoms with Crippen molar-refractivity contribution < 1.29 is 14.3 Å². The Balaban J connectivity index is 1.27. The summed E-state index contributed by atoms with van der Waals surface area (Å²) < 4.78 is 7.38. The molecule has 11 nitrogen and oxygen atoms in total. The summed E-state index contributed by atoms with van der Waals surface area (Å²) >= 11 is 0. The van der Waals surface area contributed by atoms with Crippen LogP contribution in [0, 0.1) is 0 Å². The Kier molecular flexibility index (Phi) is 6.12. The number of tetrazole rings is 1. The number of carbonyl (C=O) groups is 2. The third kappa shape index (κ3) is 4.98. The first-order valence-corrected chi connectivity index (χ1v) is 11.1. The summed E-state index contributed by atoms with van der Waals surface area (Å²) in [5, 5.41) is 16.7. The Hall–Kier alpha value is -4.67. The van der Waals surface area contributed by atoms with Crippen LogP contribution in [-0.2, 0) is 12.8 Å². The van der Waals surface area contributed by atoms with Gasteiger partial charge in [-0.05, 0) is 71.1 Å². The number of aromatic nitrogens is 6. The number of ether oxygens (including phenoxy) is 1. The van der Waals surface area contributed by atoms with Gasteiger partial charge in [-0.1, -0.05) is 6.07 Å². The van der Waals surface area contributed by atoms with E-state index in [0.29, 0.717) is 29.3 Å². The number of aryl methyl sites for hydroxylation is 1. The van der Waals surface area contributed by atoms with Crippen LogP contribution in [0.25, 0.3) is 5.82 Å². The molecule has 0 spiro atoms. The number of benzene rings is 1. The van der Waals surface area contributed by atoms with Crippen LogP contribution in [0.5, 0.6) is 11.5 Å². The molecule has 5 rings (SSSR count). The van der Waals surface area contributed by atoms with E-state index in [1.54, 1.807) is 37.5 Å². The quantitative estimate of drug-likeness (QED) is 0.436. The van der Waals surface area contributed by atoms with Crippen molar-refractivity contribution in [3.63, 3.8) is 0 Å². The van der Waals surface area contributed by atoms with Crippen molar-refractivity contribution in [1.29, 1.82) is 0 Å². The molecule has 0 aliphatic heterocycles. The average molecular weight is 470 g/mol. The summed E-state index contributed by atoms with van der Waals surface area (Å²) in [6.07, 6.45) is 6.89. The van der Waals surface area contributed by atoms with Crippen LogP contribution in [0.4, 0.5) is 0 Å². The number of hydrogen-bond acceptors (Lipinski definition) is 8. The molecule has 1 atom stereocenters.